The van der Waals surface area contributed by atoms with E-state index in [0.29, 0.717) is 5.16 Å². The van der Waals surface area contributed by atoms with E-state index in [9.17, 15) is 20.0 Å². The minimum atomic E-state index is -1.46. The molecule has 98 valence electrons. The molecule has 0 saturated heterocycles. The van der Waals surface area contributed by atoms with Crippen LogP contribution in [0.15, 0.2) is 34.6 Å². The zero-order valence-corrected chi connectivity index (χ0v) is 10.5. The fourth-order valence-corrected chi connectivity index (χ4v) is 2.19. The number of hydrogen-bond donors (Lipinski definition) is 0. The van der Waals surface area contributed by atoms with E-state index in [1.165, 1.54) is 18.5 Å². The van der Waals surface area contributed by atoms with Crippen LogP contribution in [0.25, 0.3) is 0 Å². The Morgan fingerprint density at radius 2 is 2.21 bits per heavy atom. The Morgan fingerprint density at radius 1 is 1.47 bits per heavy atom. The highest BCUT2D eigenvalue weighted by molar-refractivity contribution is 7.99. The quantitative estimate of drug-likeness (QED) is 0.581. The number of nitrogens with zero attached hydrogens (tertiary/aromatic N) is 4. The van der Waals surface area contributed by atoms with E-state index < -0.39 is 10.9 Å². The van der Waals surface area contributed by atoms with Crippen LogP contribution in [0.2, 0.25) is 0 Å². The van der Waals surface area contributed by atoms with Gasteiger partial charge in [-0.3, -0.25) is 10.1 Å². The third-order valence-corrected chi connectivity index (χ3v) is 3.38. The summed E-state index contributed by atoms with van der Waals surface area (Å²) >= 11 is 1.03. The lowest BCUT2D eigenvalue weighted by Crippen LogP contribution is -2.22. The van der Waals surface area contributed by atoms with Crippen molar-refractivity contribution in [2.24, 2.45) is 7.05 Å². The van der Waals surface area contributed by atoms with Crippen molar-refractivity contribution in [3.8, 4) is 0 Å². The molecule has 19 heavy (non-hydrogen) atoms. The van der Waals surface area contributed by atoms with Gasteiger partial charge >= 0.3 is 0 Å². The van der Waals surface area contributed by atoms with Crippen LogP contribution in [-0.2, 0) is 7.05 Å². The topological polar surface area (TPSA) is 114 Å². The van der Waals surface area contributed by atoms with Crippen molar-refractivity contribution in [1.29, 1.82) is 0 Å². The number of aromatic nitrogens is 3. The average molecular weight is 279 g/mol. The third kappa shape index (κ3) is 2.71. The van der Waals surface area contributed by atoms with Gasteiger partial charge in [-0.25, -0.2) is 0 Å². The van der Waals surface area contributed by atoms with Gasteiger partial charge in [-0.05, 0) is 17.8 Å². The maximum Gasteiger partial charge on any atom is 0.284 e. The molecule has 0 aliphatic heterocycles. The molecule has 0 atom stereocenters. The van der Waals surface area contributed by atoms with Gasteiger partial charge < -0.3 is 14.5 Å². The molecule has 0 spiro atoms. The first-order valence-electron chi connectivity index (χ1n) is 5.00. The van der Waals surface area contributed by atoms with Gasteiger partial charge in [0.05, 0.1) is 15.8 Å². The van der Waals surface area contributed by atoms with Gasteiger partial charge in [-0.2, -0.15) is 0 Å². The van der Waals surface area contributed by atoms with Crippen LogP contribution in [0.3, 0.4) is 0 Å². The number of carboxylic acid groups (broad SMARTS) is 1. The lowest BCUT2D eigenvalue weighted by molar-refractivity contribution is -0.387. The molecular formula is C10H7N4O4S-. The number of benzene rings is 1. The van der Waals surface area contributed by atoms with E-state index in [1.54, 1.807) is 11.6 Å². The third-order valence-electron chi connectivity index (χ3n) is 2.26. The normalized spacial score (nSPS) is 10.4. The zero-order chi connectivity index (χ0) is 14.0. The fourth-order valence-electron chi connectivity index (χ4n) is 1.34. The van der Waals surface area contributed by atoms with Crippen molar-refractivity contribution in [2.45, 2.75) is 10.1 Å². The molecule has 2 aromatic rings. The highest BCUT2D eigenvalue weighted by Crippen LogP contribution is 2.33. The number of nitro benzene ring substituents is 1. The van der Waals surface area contributed by atoms with Crippen molar-refractivity contribution < 1.29 is 14.8 Å². The lowest BCUT2D eigenvalue weighted by atomic mass is 10.2. The van der Waals surface area contributed by atoms with E-state index in [0.717, 1.165) is 17.8 Å². The molecular weight excluding hydrogens is 272 g/mol. The summed E-state index contributed by atoms with van der Waals surface area (Å²) in [7, 11) is 1.70. The second kappa shape index (κ2) is 5.06. The van der Waals surface area contributed by atoms with Crippen molar-refractivity contribution in [3.05, 3.63) is 40.2 Å². The molecule has 0 saturated carbocycles. The smallest absolute Gasteiger partial charge is 0.284 e. The molecule has 8 nitrogen and oxygen atoms in total. The summed E-state index contributed by atoms with van der Waals surface area (Å²) in [6, 6.07) is 3.57. The van der Waals surface area contributed by atoms with Crippen LogP contribution in [0.1, 0.15) is 10.4 Å². The molecule has 0 amide bonds. The van der Waals surface area contributed by atoms with E-state index >= 15 is 0 Å². The number of aryl methyl sites for hydroxylation is 1. The standard InChI is InChI=1S/C10H8N4O4S/c1-13-5-11-12-10(13)19-8-3-2-6(9(15)16)4-7(8)14(17)18/h2-5H,1H3,(H,15,16)/p-1. The maximum atomic E-state index is 10.9. The Balaban J connectivity index is 2.43. The minimum Gasteiger partial charge on any atom is -0.545 e. The summed E-state index contributed by atoms with van der Waals surface area (Å²) in [6.45, 7) is 0. The monoisotopic (exact) mass is 279 g/mol. The summed E-state index contributed by atoms with van der Waals surface area (Å²) in [5, 5.41) is 29.5. The Hall–Kier alpha value is -2.42. The highest BCUT2D eigenvalue weighted by atomic mass is 32.2. The summed E-state index contributed by atoms with van der Waals surface area (Å²) in [6.07, 6.45) is 1.46. The summed E-state index contributed by atoms with van der Waals surface area (Å²) in [5.41, 5.74) is -0.552. The second-order valence-corrected chi connectivity index (χ2v) is 4.56. The van der Waals surface area contributed by atoms with Crippen LogP contribution in [-0.4, -0.2) is 25.7 Å². The van der Waals surface area contributed by atoms with Gasteiger partial charge in [-0.1, -0.05) is 6.07 Å². The average Bonchev–Trinajstić information content (AvgIpc) is 2.75. The van der Waals surface area contributed by atoms with E-state index in [4.69, 9.17) is 0 Å². The SMILES string of the molecule is Cn1cnnc1Sc1ccc(C(=O)[O-])cc1[N+](=O)[O-]. The fraction of sp³-hybridized carbons (Fsp3) is 0.100. The van der Waals surface area contributed by atoms with Crippen molar-refractivity contribution in [1.82, 2.24) is 14.8 Å². The Kier molecular flexibility index (Phi) is 3.47. The zero-order valence-electron chi connectivity index (χ0n) is 9.64. The van der Waals surface area contributed by atoms with Crippen molar-refractivity contribution in [2.75, 3.05) is 0 Å². The van der Waals surface area contributed by atoms with Gasteiger partial charge in [-0.15, -0.1) is 10.2 Å². The molecule has 0 fully saturated rings. The Labute approximate surface area is 111 Å². The van der Waals surface area contributed by atoms with E-state index in [-0.39, 0.29) is 16.1 Å². The van der Waals surface area contributed by atoms with Crippen LogP contribution in [0.4, 0.5) is 5.69 Å². The molecule has 0 radical (unpaired) electrons. The van der Waals surface area contributed by atoms with Gasteiger partial charge in [0.2, 0.25) is 0 Å². The van der Waals surface area contributed by atoms with Gasteiger partial charge in [0, 0.05) is 18.7 Å². The molecule has 1 aromatic carbocycles. The largest absolute Gasteiger partial charge is 0.545 e. The van der Waals surface area contributed by atoms with E-state index in [2.05, 4.69) is 10.2 Å². The molecule has 0 bridgehead atoms. The first kappa shape index (κ1) is 13.0. The van der Waals surface area contributed by atoms with Gasteiger partial charge in [0.1, 0.15) is 6.33 Å². The van der Waals surface area contributed by atoms with Crippen molar-refractivity contribution >= 4 is 23.4 Å². The molecule has 0 aliphatic rings. The molecule has 1 aromatic heterocycles. The predicted octanol–water partition coefficient (Wildman–Crippen LogP) is 0.238. The van der Waals surface area contributed by atoms with Gasteiger partial charge in [0.15, 0.2) is 5.16 Å². The number of rotatable bonds is 4. The van der Waals surface area contributed by atoms with Crippen molar-refractivity contribution in [3.63, 3.8) is 0 Å². The first-order valence-corrected chi connectivity index (χ1v) is 5.82. The molecule has 1 heterocycles. The number of nitro groups is 1. The summed E-state index contributed by atoms with van der Waals surface area (Å²) < 4.78 is 1.60. The Morgan fingerprint density at radius 3 is 2.74 bits per heavy atom. The minimum absolute atomic E-state index is 0.242. The molecule has 2 rings (SSSR count). The molecule has 0 aliphatic carbocycles. The number of carbonyl (C=O) groups is 1. The number of hydrogen-bond acceptors (Lipinski definition) is 7. The molecule has 0 unspecified atom stereocenters. The highest BCUT2D eigenvalue weighted by Gasteiger charge is 2.17. The second-order valence-electron chi connectivity index (χ2n) is 3.55. The molecule has 0 N–H and O–H groups in total. The van der Waals surface area contributed by atoms with Crippen LogP contribution in [0, 0.1) is 10.1 Å². The number of carbonyl (C=O) groups excluding carboxylic acids is 1. The summed E-state index contributed by atoms with van der Waals surface area (Å²) in [4.78, 5) is 21.3. The predicted molar refractivity (Wildman–Crippen MR) is 62.6 cm³/mol. The Bertz CT molecular complexity index is 655. The first-order chi connectivity index (χ1) is 8.99. The van der Waals surface area contributed by atoms with Crippen LogP contribution < -0.4 is 5.11 Å². The van der Waals surface area contributed by atoms with Gasteiger partial charge in [0.25, 0.3) is 5.69 Å². The van der Waals surface area contributed by atoms with Crippen LogP contribution in [0.5, 0.6) is 0 Å². The van der Waals surface area contributed by atoms with Crippen LogP contribution >= 0.6 is 11.8 Å². The maximum absolute atomic E-state index is 10.9. The summed E-state index contributed by atoms with van der Waals surface area (Å²) in [5.74, 6) is -1.46. The van der Waals surface area contributed by atoms with E-state index in [1.807, 2.05) is 0 Å². The number of aromatic carboxylic acids is 1. The number of carboxylic acids is 1. The molecule has 9 heteroatoms. The lowest BCUT2D eigenvalue weighted by Gasteiger charge is -2.05.